The normalized spacial score (nSPS) is 10.8. The molecule has 0 atom stereocenters. The van der Waals surface area contributed by atoms with Crippen molar-refractivity contribution in [1.82, 2.24) is 9.55 Å². The lowest BCUT2D eigenvalue weighted by atomic mass is 10.1. The van der Waals surface area contributed by atoms with Crippen LogP contribution < -0.4 is 10.9 Å². The van der Waals surface area contributed by atoms with Gasteiger partial charge in [-0.1, -0.05) is 30.3 Å². The van der Waals surface area contributed by atoms with Crippen molar-refractivity contribution in [2.24, 2.45) is 0 Å². The minimum absolute atomic E-state index is 0.226. The second kappa shape index (κ2) is 7.48. The first-order valence-corrected chi connectivity index (χ1v) is 9.58. The molecule has 2 N–H and O–H groups in total. The van der Waals surface area contributed by atoms with Gasteiger partial charge in [-0.15, -0.1) is 0 Å². The lowest BCUT2D eigenvalue weighted by Gasteiger charge is -2.11. The number of nitrogens with one attached hydrogen (secondary N) is 2. The van der Waals surface area contributed by atoms with Gasteiger partial charge in [-0.3, -0.25) is 14.2 Å². The fourth-order valence-electron chi connectivity index (χ4n) is 3.24. The highest BCUT2D eigenvalue weighted by Crippen LogP contribution is 2.19. The molecule has 0 bridgehead atoms. The number of rotatable bonds is 3. The standard InChI is InChI=1S/C23H19N3O2S/c1-14-8-9-15(2)19(12-14)24-21(27)16-10-11-18-20(13-16)25-23(29)26(22(18)28)17-6-4-3-5-7-17/h3-13H,1-2H3,(H,24,27)(H,25,29). The van der Waals surface area contributed by atoms with Gasteiger partial charge in [0, 0.05) is 11.3 Å². The summed E-state index contributed by atoms with van der Waals surface area (Å²) in [5.41, 5.74) is 4.25. The van der Waals surface area contributed by atoms with Crippen molar-refractivity contribution in [3.05, 3.63) is 98.5 Å². The Morgan fingerprint density at radius 1 is 1.00 bits per heavy atom. The number of hydrogen-bond acceptors (Lipinski definition) is 3. The highest BCUT2D eigenvalue weighted by Gasteiger charge is 2.12. The van der Waals surface area contributed by atoms with E-state index in [2.05, 4.69) is 10.3 Å². The summed E-state index contributed by atoms with van der Waals surface area (Å²) in [6.07, 6.45) is 0. The molecular weight excluding hydrogens is 382 g/mol. The first-order chi connectivity index (χ1) is 13.9. The first-order valence-electron chi connectivity index (χ1n) is 9.17. The topological polar surface area (TPSA) is 66.9 Å². The maximum Gasteiger partial charge on any atom is 0.266 e. The molecule has 0 fully saturated rings. The Morgan fingerprint density at radius 2 is 1.76 bits per heavy atom. The maximum absolute atomic E-state index is 13.0. The molecule has 4 rings (SSSR count). The van der Waals surface area contributed by atoms with Crippen LogP contribution in [0.25, 0.3) is 16.6 Å². The van der Waals surface area contributed by atoms with Gasteiger partial charge in [-0.05, 0) is 73.6 Å². The zero-order valence-corrected chi connectivity index (χ0v) is 16.8. The van der Waals surface area contributed by atoms with Gasteiger partial charge in [0.2, 0.25) is 0 Å². The van der Waals surface area contributed by atoms with E-state index in [0.29, 0.717) is 22.2 Å². The number of nitrogens with zero attached hydrogens (tertiary/aromatic N) is 1. The van der Waals surface area contributed by atoms with Gasteiger partial charge in [-0.25, -0.2) is 0 Å². The number of carbonyl (C=O) groups is 1. The SMILES string of the molecule is Cc1ccc(C)c(NC(=O)c2ccc3c(=O)n(-c4ccccc4)c(=S)[nH]c3c2)c1. The largest absolute Gasteiger partial charge is 0.331 e. The zero-order valence-electron chi connectivity index (χ0n) is 16.0. The molecule has 1 aromatic heterocycles. The predicted octanol–water partition coefficient (Wildman–Crippen LogP) is 4.92. The summed E-state index contributed by atoms with van der Waals surface area (Å²) in [4.78, 5) is 28.8. The maximum atomic E-state index is 13.0. The molecule has 0 spiro atoms. The Kier molecular flexibility index (Phi) is 4.86. The Balaban J connectivity index is 1.75. The van der Waals surface area contributed by atoms with E-state index >= 15 is 0 Å². The smallest absolute Gasteiger partial charge is 0.266 e. The van der Waals surface area contributed by atoms with Crippen LogP contribution in [0.4, 0.5) is 5.69 Å². The molecule has 0 aliphatic rings. The number of amides is 1. The van der Waals surface area contributed by atoms with Crippen LogP contribution in [-0.4, -0.2) is 15.5 Å². The van der Waals surface area contributed by atoms with Gasteiger partial charge >= 0.3 is 0 Å². The van der Waals surface area contributed by atoms with E-state index in [4.69, 9.17) is 12.2 Å². The summed E-state index contributed by atoms with van der Waals surface area (Å²) in [5, 5.41) is 3.40. The molecule has 1 heterocycles. The van der Waals surface area contributed by atoms with Gasteiger partial charge in [0.25, 0.3) is 11.5 Å². The second-order valence-electron chi connectivity index (χ2n) is 6.94. The highest BCUT2D eigenvalue weighted by atomic mass is 32.1. The molecule has 4 aromatic rings. The molecule has 0 saturated carbocycles. The Hall–Kier alpha value is -3.51. The number of aromatic nitrogens is 2. The first kappa shape index (κ1) is 18.8. The lowest BCUT2D eigenvalue weighted by molar-refractivity contribution is 0.102. The summed E-state index contributed by atoms with van der Waals surface area (Å²) >= 11 is 5.40. The van der Waals surface area contributed by atoms with Crippen molar-refractivity contribution in [3.8, 4) is 5.69 Å². The van der Waals surface area contributed by atoms with E-state index in [1.165, 1.54) is 4.57 Å². The second-order valence-corrected chi connectivity index (χ2v) is 7.33. The molecule has 6 heteroatoms. The molecule has 29 heavy (non-hydrogen) atoms. The third-order valence-corrected chi connectivity index (χ3v) is 5.10. The van der Waals surface area contributed by atoms with Gasteiger partial charge in [0.15, 0.2) is 4.77 Å². The number of fused-ring (bicyclic) bond motifs is 1. The van der Waals surface area contributed by atoms with Crippen LogP contribution in [0, 0.1) is 18.6 Å². The van der Waals surface area contributed by atoms with E-state index < -0.39 is 0 Å². The molecule has 5 nitrogen and oxygen atoms in total. The van der Waals surface area contributed by atoms with Crippen molar-refractivity contribution in [1.29, 1.82) is 0 Å². The van der Waals surface area contributed by atoms with Crippen molar-refractivity contribution in [3.63, 3.8) is 0 Å². The minimum Gasteiger partial charge on any atom is -0.331 e. The third-order valence-electron chi connectivity index (χ3n) is 4.82. The van der Waals surface area contributed by atoms with E-state index in [9.17, 15) is 9.59 Å². The summed E-state index contributed by atoms with van der Waals surface area (Å²) in [6, 6.07) is 20.1. The fourth-order valence-corrected chi connectivity index (χ4v) is 3.53. The molecule has 0 radical (unpaired) electrons. The van der Waals surface area contributed by atoms with E-state index in [1.54, 1.807) is 18.2 Å². The summed E-state index contributed by atoms with van der Waals surface area (Å²) in [7, 11) is 0. The van der Waals surface area contributed by atoms with Crippen LogP contribution in [0.5, 0.6) is 0 Å². The monoisotopic (exact) mass is 401 g/mol. The highest BCUT2D eigenvalue weighted by molar-refractivity contribution is 7.71. The van der Waals surface area contributed by atoms with Crippen LogP contribution in [-0.2, 0) is 0 Å². The molecule has 144 valence electrons. The lowest BCUT2D eigenvalue weighted by Crippen LogP contribution is -2.21. The van der Waals surface area contributed by atoms with E-state index in [-0.39, 0.29) is 16.2 Å². The van der Waals surface area contributed by atoms with Gasteiger partial charge in [-0.2, -0.15) is 0 Å². The predicted molar refractivity (Wildman–Crippen MR) is 119 cm³/mol. The van der Waals surface area contributed by atoms with Crippen molar-refractivity contribution >= 4 is 34.7 Å². The molecule has 0 aliphatic carbocycles. The van der Waals surface area contributed by atoms with Crippen molar-refractivity contribution < 1.29 is 4.79 Å². The number of H-pyrrole nitrogens is 1. The van der Waals surface area contributed by atoms with Gasteiger partial charge in [0.05, 0.1) is 16.6 Å². The number of aromatic amines is 1. The van der Waals surface area contributed by atoms with E-state index in [0.717, 1.165) is 16.8 Å². The average Bonchev–Trinajstić information content (AvgIpc) is 2.71. The van der Waals surface area contributed by atoms with Gasteiger partial charge < -0.3 is 10.3 Å². The molecule has 0 aliphatic heterocycles. The van der Waals surface area contributed by atoms with Gasteiger partial charge in [0.1, 0.15) is 0 Å². The van der Waals surface area contributed by atoms with Crippen LogP contribution in [0.15, 0.2) is 71.5 Å². The summed E-state index contributed by atoms with van der Waals surface area (Å²) in [6.45, 7) is 3.92. The van der Waals surface area contributed by atoms with Crippen molar-refractivity contribution in [2.75, 3.05) is 5.32 Å². The molecule has 0 unspecified atom stereocenters. The quantitative estimate of drug-likeness (QED) is 0.479. The zero-order chi connectivity index (χ0) is 20.5. The van der Waals surface area contributed by atoms with E-state index in [1.807, 2.05) is 62.4 Å². The Labute approximate surface area is 172 Å². The number of benzene rings is 3. The number of anilines is 1. The van der Waals surface area contributed by atoms with Crippen LogP contribution in [0.3, 0.4) is 0 Å². The number of hydrogen-bond donors (Lipinski definition) is 2. The molecular formula is C23H19N3O2S. The van der Waals surface area contributed by atoms with Crippen LogP contribution in [0.2, 0.25) is 0 Å². The fraction of sp³-hybridized carbons (Fsp3) is 0.0870. The Morgan fingerprint density at radius 3 is 2.52 bits per heavy atom. The molecule has 0 saturated heterocycles. The summed E-state index contributed by atoms with van der Waals surface area (Å²) < 4.78 is 1.73. The Bertz CT molecular complexity index is 1350. The molecule has 3 aromatic carbocycles. The molecule has 1 amide bonds. The van der Waals surface area contributed by atoms with Crippen LogP contribution in [0.1, 0.15) is 21.5 Å². The number of carbonyl (C=O) groups excluding carboxylic acids is 1. The van der Waals surface area contributed by atoms with Crippen LogP contribution >= 0.6 is 12.2 Å². The minimum atomic E-state index is -0.243. The number of aryl methyl sites for hydroxylation is 2. The number of para-hydroxylation sites is 1. The third kappa shape index (κ3) is 3.62. The summed E-state index contributed by atoms with van der Waals surface area (Å²) in [5.74, 6) is -0.243. The average molecular weight is 401 g/mol. The van der Waals surface area contributed by atoms with Crippen molar-refractivity contribution in [2.45, 2.75) is 13.8 Å².